The maximum absolute atomic E-state index is 12.9. The van der Waals surface area contributed by atoms with Crippen LogP contribution in [0.2, 0.25) is 13.1 Å². The lowest BCUT2D eigenvalue weighted by Crippen LogP contribution is -2.49. The zero-order valence-corrected chi connectivity index (χ0v) is 26.1. The molecule has 0 bridgehead atoms. The molecule has 0 saturated heterocycles. The Labute approximate surface area is 234 Å². The van der Waals surface area contributed by atoms with E-state index in [4.69, 9.17) is 24.6 Å². The third kappa shape index (κ3) is 9.78. The number of benzene rings is 1. The molecule has 1 aromatic carbocycles. The molecule has 2 amide bonds. The minimum atomic E-state index is -0.980. The number of ether oxygens (including phenoxy) is 2. The Morgan fingerprint density at radius 1 is 0.949 bits per heavy atom. The van der Waals surface area contributed by atoms with Gasteiger partial charge in [0, 0.05) is 11.8 Å². The molecule has 1 radical (unpaired) electrons. The molecule has 39 heavy (non-hydrogen) atoms. The van der Waals surface area contributed by atoms with Crippen LogP contribution in [0.4, 0.5) is 15.3 Å². The monoisotopic (exact) mass is 555 g/mol. The molecular weight excluding hydrogens is 512 g/mol. The lowest BCUT2D eigenvalue weighted by atomic mass is 9.81. The predicted molar refractivity (Wildman–Crippen MR) is 156 cm³/mol. The van der Waals surface area contributed by atoms with E-state index in [1.165, 1.54) is 0 Å². The summed E-state index contributed by atoms with van der Waals surface area (Å²) in [5.74, 6) is -0.373. The number of carbonyl (C=O) groups excluding carboxylic acids is 2. The summed E-state index contributed by atoms with van der Waals surface area (Å²) in [4.78, 5) is 35.6. The Hall–Kier alpha value is -3.24. The predicted octanol–water partition coefficient (Wildman–Crippen LogP) is 6.93. The van der Waals surface area contributed by atoms with Crippen molar-refractivity contribution in [3.8, 4) is 11.3 Å². The number of aliphatic imine (C=N–C) groups is 1. The Morgan fingerprint density at radius 3 is 2.00 bits per heavy atom. The number of guanidine groups is 1. The Morgan fingerprint density at radius 2 is 1.51 bits per heavy atom. The largest absolute Gasteiger partial charge is 0.443 e. The number of amides is 2. The molecule has 0 aliphatic heterocycles. The molecule has 2 aromatic rings. The molecular formula is C29H43N4O5Si. The molecule has 213 valence electrons. The standard InChI is InChI=1S/C29H43N4O5Si/c1-27(2,3)22-20(18-36-39(10)11)15-16-31-23(22)19-13-12-14-21(17-19)32-24(30)33(25(34)37-28(4,5)6)26(35)38-29(7,8)9/h12-17H,18H2,1-11H3,(H2,30,32). The summed E-state index contributed by atoms with van der Waals surface area (Å²) >= 11 is 0. The molecule has 1 heterocycles. The van der Waals surface area contributed by atoms with Crippen molar-refractivity contribution in [3.63, 3.8) is 0 Å². The molecule has 0 aliphatic rings. The van der Waals surface area contributed by atoms with Crippen LogP contribution in [0.25, 0.3) is 11.3 Å². The first-order chi connectivity index (χ1) is 17.8. The van der Waals surface area contributed by atoms with Crippen molar-refractivity contribution in [1.82, 2.24) is 9.88 Å². The van der Waals surface area contributed by atoms with Gasteiger partial charge < -0.3 is 19.6 Å². The number of imide groups is 1. The number of pyridine rings is 1. The van der Waals surface area contributed by atoms with E-state index in [9.17, 15) is 9.59 Å². The number of hydrogen-bond acceptors (Lipinski definition) is 7. The van der Waals surface area contributed by atoms with E-state index in [-0.39, 0.29) is 11.4 Å². The minimum Gasteiger partial charge on any atom is -0.443 e. The van der Waals surface area contributed by atoms with Crippen molar-refractivity contribution in [2.75, 3.05) is 0 Å². The second kappa shape index (κ2) is 12.3. The van der Waals surface area contributed by atoms with Crippen LogP contribution in [0.5, 0.6) is 0 Å². The zero-order chi connectivity index (χ0) is 29.8. The van der Waals surface area contributed by atoms with Crippen molar-refractivity contribution in [2.24, 2.45) is 10.7 Å². The number of nitrogens with two attached hydrogens (primary N) is 1. The average Bonchev–Trinajstić information content (AvgIpc) is 2.74. The lowest BCUT2D eigenvalue weighted by molar-refractivity contribution is 0.0145. The van der Waals surface area contributed by atoms with Gasteiger partial charge in [0.2, 0.25) is 15.0 Å². The van der Waals surface area contributed by atoms with E-state index in [0.717, 1.165) is 22.4 Å². The van der Waals surface area contributed by atoms with Crippen LogP contribution in [-0.4, -0.2) is 48.3 Å². The first-order valence-corrected chi connectivity index (χ1v) is 15.3. The van der Waals surface area contributed by atoms with Crippen molar-refractivity contribution < 1.29 is 23.5 Å². The van der Waals surface area contributed by atoms with Gasteiger partial charge in [-0.15, -0.1) is 4.90 Å². The molecule has 1 aromatic heterocycles. The molecule has 0 aliphatic carbocycles. The van der Waals surface area contributed by atoms with E-state index in [2.05, 4.69) is 38.9 Å². The summed E-state index contributed by atoms with van der Waals surface area (Å²) in [5.41, 5.74) is 8.48. The van der Waals surface area contributed by atoms with E-state index >= 15 is 0 Å². The maximum atomic E-state index is 12.9. The van der Waals surface area contributed by atoms with Crippen LogP contribution in [0.3, 0.4) is 0 Å². The number of rotatable bonds is 5. The highest BCUT2D eigenvalue weighted by Crippen LogP contribution is 2.36. The van der Waals surface area contributed by atoms with Crippen LogP contribution >= 0.6 is 0 Å². The lowest BCUT2D eigenvalue weighted by Gasteiger charge is -2.28. The van der Waals surface area contributed by atoms with Gasteiger partial charge in [0.25, 0.3) is 0 Å². The van der Waals surface area contributed by atoms with Gasteiger partial charge in [-0.25, -0.2) is 14.6 Å². The van der Waals surface area contributed by atoms with Crippen molar-refractivity contribution in [3.05, 3.63) is 47.7 Å². The molecule has 9 nitrogen and oxygen atoms in total. The van der Waals surface area contributed by atoms with E-state index < -0.39 is 32.4 Å². The van der Waals surface area contributed by atoms with Crippen LogP contribution < -0.4 is 5.73 Å². The van der Waals surface area contributed by atoms with Crippen molar-refractivity contribution >= 4 is 32.9 Å². The molecule has 0 fully saturated rings. The number of hydrogen-bond donors (Lipinski definition) is 1. The molecule has 0 spiro atoms. The maximum Gasteiger partial charge on any atom is 0.427 e. The first-order valence-electron chi connectivity index (χ1n) is 12.9. The molecule has 0 unspecified atom stereocenters. The highest BCUT2D eigenvalue weighted by atomic mass is 28.3. The van der Waals surface area contributed by atoms with Gasteiger partial charge in [-0.1, -0.05) is 32.9 Å². The quantitative estimate of drug-likeness (QED) is 0.241. The molecule has 2 rings (SSSR count). The third-order valence-corrected chi connectivity index (χ3v) is 5.77. The van der Waals surface area contributed by atoms with Crippen LogP contribution in [0.1, 0.15) is 73.4 Å². The second-order valence-corrected chi connectivity index (χ2v) is 14.6. The molecule has 10 heteroatoms. The van der Waals surface area contributed by atoms with Gasteiger partial charge in [0.05, 0.1) is 18.0 Å². The summed E-state index contributed by atoms with van der Waals surface area (Å²) in [6, 6.07) is 9.29. The fourth-order valence-corrected chi connectivity index (χ4v) is 4.13. The van der Waals surface area contributed by atoms with Crippen LogP contribution in [-0.2, 0) is 25.9 Å². The fraction of sp³-hybridized carbons (Fsp3) is 0.517. The van der Waals surface area contributed by atoms with Gasteiger partial charge in [-0.05, 0) is 89.4 Å². The van der Waals surface area contributed by atoms with Crippen molar-refractivity contribution in [1.29, 1.82) is 0 Å². The van der Waals surface area contributed by atoms with Gasteiger partial charge in [-0.3, -0.25) is 4.98 Å². The normalized spacial score (nSPS) is 12.9. The first kappa shape index (κ1) is 32.0. The van der Waals surface area contributed by atoms with Gasteiger partial charge in [0.15, 0.2) is 0 Å². The number of aromatic nitrogens is 1. The smallest absolute Gasteiger partial charge is 0.427 e. The second-order valence-electron chi connectivity index (χ2n) is 12.5. The summed E-state index contributed by atoms with van der Waals surface area (Å²) < 4.78 is 16.8. The van der Waals surface area contributed by atoms with E-state index in [1.807, 2.05) is 24.3 Å². The molecule has 2 N–H and O–H groups in total. The van der Waals surface area contributed by atoms with Crippen molar-refractivity contribution in [2.45, 2.75) is 98.6 Å². The number of nitrogens with zero attached hydrogens (tertiary/aromatic N) is 3. The topological polar surface area (TPSA) is 116 Å². The fourth-order valence-electron chi connectivity index (χ4n) is 3.68. The Balaban J connectivity index is 2.57. The highest BCUT2D eigenvalue weighted by molar-refractivity contribution is 6.48. The van der Waals surface area contributed by atoms with Crippen LogP contribution in [0.15, 0.2) is 41.5 Å². The molecule has 0 saturated carbocycles. The van der Waals surface area contributed by atoms with Gasteiger partial charge in [-0.2, -0.15) is 0 Å². The Bertz CT molecular complexity index is 1180. The summed E-state index contributed by atoms with van der Waals surface area (Å²) in [6.45, 7) is 21.3. The van der Waals surface area contributed by atoms with Gasteiger partial charge in [0.1, 0.15) is 11.2 Å². The summed E-state index contributed by atoms with van der Waals surface area (Å²) in [6.07, 6.45) is -0.185. The summed E-state index contributed by atoms with van der Waals surface area (Å²) in [5, 5.41) is 0. The average molecular weight is 556 g/mol. The van der Waals surface area contributed by atoms with Crippen LogP contribution in [0, 0.1) is 0 Å². The van der Waals surface area contributed by atoms with E-state index in [1.54, 1.807) is 53.8 Å². The van der Waals surface area contributed by atoms with Gasteiger partial charge >= 0.3 is 12.2 Å². The highest BCUT2D eigenvalue weighted by Gasteiger charge is 2.34. The summed E-state index contributed by atoms with van der Waals surface area (Å²) in [7, 11) is -0.867. The zero-order valence-electron chi connectivity index (χ0n) is 25.1. The third-order valence-electron chi connectivity index (χ3n) is 5.05. The van der Waals surface area contributed by atoms with E-state index in [0.29, 0.717) is 17.2 Å². The molecule has 0 atom stereocenters. The minimum absolute atomic E-state index is 0.209. The SMILES string of the molecule is C[Si](C)OCc1ccnc(-c2cccc(N=C(N)N(C(=O)OC(C)(C)C)C(=O)OC(C)(C)C)c2)c1C(C)(C)C. The Kier molecular flexibility index (Phi) is 10.1. The number of carbonyl (C=O) groups is 2.